The van der Waals surface area contributed by atoms with Gasteiger partial charge < -0.3 is 15.0 Å². The molecule has 1 N–H and O–H groups in total. The van der Waals surface area contributed by atoms with E-state index < -0.39 is 0 Å². The number of phenols is 1. The normalized spacial score (nSPS) is 25.6. The standard InChI is InChI=1S/C22H27NO2/c1-15-3-8-20-19(11-15)9-10-23(25,14-17-6-7-17)21(20)12-18-5-4-16(2)22(24)13-18/h3-5,8,11,13,17,21,24H,6-7,9-10,12,14H2,1-2H3/t21-,23?/m1/s1. The van der Waals surface area contributed by atoms with E-state index in [9.17, 15) is 10.3 Å². The molecule has 2 aromatic rings. The largest absolute Gasteiger partial charge is 0.632 e. The second kappa shape index (κ2) is 6.15. The highest BCUT2D eigenvalue weighted by Gasteiger charge is 2.40. The third kappa shape index (κ3) is 3.31. The zero-order valence-corrected chi connectivity index (χ0v) is 15.2. The summed E-state index contributed by atoms with van der Waals surface area (Å²) in [7, 11) is 0. The SMILES string of the molecule is Cc1ccc2c(c1)CC[N+]([O-])(CC1CC1)[C@@H]2Cc1ccc(C)c(O)c1. The van der Waals surface area contributed by atoms with Gasteiger partial charge in [0.05, 0.1) is 13.1 Å². The van der Waals surface area contributed by atoms with Crippen molar-refractivity contribution in [2.24, 2.45) is 5.92 Å². The lowest BCUT2D eigenvalue weighted by Crippen LogP contribution is -2.51. The second-order valence-electron chi connectivity index (χ2n) is 8.09. The molecular weight excluding hydrogens is 310 g/mol. The predicted octanol–water partition coefficient (Wildman–Crippen LogP) is 4.57. The highest BCUT2D eigenvalue weighted by atomic mass is 16.5. The summed E-state index contributed by atoms with van der Waals surface area (Å²) in [5.74, 6) is 0.932. The number of benzene rings is 2. The summed E-state index contributed by atoms with van der Waals surface area (Å²) in [6, 6.07) is 12.3. The fourth-order valence-corrected chi connectivity index (χ4v) is 4.23. The van der Waals surface area contributed by atoms with E-state index in [1.165, 1.54) is 29.5 Å². The summed E-state index contributed by atoms with van der Waals surface area (Å²) in [6.07, 6.45) is 3.99. The molecule has 0 amide bonds. The maximum absolute atomic E-state index is 13.8. The first-order chi connectivity index (χ1) is 11.9. The molecule has 1 heterocycles. The van der Waals surface area contributed by atoms with Gasteiger partial charge in [-0.3, -0.25) is 0 Å². The van der Waals surface area contributed by atoms with Crippen molar-refractivity contribution in [3.05, 3.63) is 69.4 Å². The van der Waals surface area contributed by atoms with Gasteiger partial charge in [-0.25, -0.2) is 0 Å². The Bertz CT molecular complexity index is 797. The Hall–Kier alpha value is -1.84. The van der Waals surface area contributed by atoms with Gasteiger partial charge in [0.1, 0.15) is 11.8 Å². The molecule has 1 saturated carbocycles. The van der Waals surface area contributed by atoms with Crippen molar-refractivity contribution < 1.29 is 9.75 Å². The summed E-state index contributed by atoms with van der Waals surface area (Å²) >= 11 is 0. The van der Waals surface area contributed by atoms with Gasteiger partial charge >= 0.3 is 0 Å². The Morgan fingerprint density at radius 1 is 1.12 bits per heavy atom. The molecule has 2 atom stereocenters. The van der Waals surface area contributed by atoms with Crippen molar-refractivity contribution in [3.63, 3.8) is 0 Å². The molecule has 0 saturated heterocycles. The van der Waals surface area contributed by atoms with Crippen LogP contribution in [0.25, 0.3) is 0 Å². The molecule has 2 aromatic carbocycles. The van der Waals surface area contributed by atoms with Crippen molar-refractivity contribution in [1.82, 2.24) is 0 Å². The number of nitrogens with zero attached hydrogens (tertiary/aromatic N) is 1. The number of hydrogen-bond donors (Lipinski definition) is 1. The highest BCUT2D eigenvalue weighted by Crippen LogP contribution is 2.42. The van der Waals surface area contributed by atoms with Crippen LogP contribution in [0.3, 0.4) is 0 Å². The van der Waals surface area contributed by atoms with Crippen LogP contribution in [0.4, 0.5) is 0 Å². The summed E-state index contributed by atoms with van der Waals surface area (Å²) in [5, 5.41) is 23.8. The molecular formula is C22H27NO2. The van der Waals surface area contributed by atoms with Crippen LogP contribution >= 0.6 is 0 Å². The van der Waals surface area contributed by atoms with E-state index in [4.69, 9.17) is 0 Å². The molecule has 3 heteroatoms. The third-order valence-electron chi connectivity index (χ3n) is 5.95. The van der Waals surface area contributed by atoms with E-state index in [0.29, 0.717) is 24.6 Å². The molecule has 0 aromatic heterocycles. The number of fused-ring (bicyclic) bond motifs is 1. The van der Waals surface area contributed by atoms with Crippen molar-refractivity contribution in [2.45, 2.75) is 45.6 Å². The highest BCUT2D eigenvalue weighted by molar-refractivity contribution is 5.38. The van der Waals surface area contributed by atoms with E-state index >= 15 is 0 Å². The van der Waals surface area contributed by atoms with Crippen LogP contribution in [0.1, 0.15) is 46.7 Å². The summed E-state index contributed by atoms with van der Waals surface area (Å²) in [6.45, 7) is 5.44. The van der Waals surface area contributed by atoms with E-state index in [-0.39, 0.29) is 10.7 Å². The Balaban J connectivity index is 1.71. The first kappa shape index (κ1) is 16.6. The zero-order chi connectivity index (χ0) is 17.6. The predicted molar refractivity (Wildman–Crippen MR) is 100 cm³/mol. The van der Waals surface area contributed by atoms with Gasteiger partial charge in [0.25, 0.3) is 0 Å². The molecule has 3 nitrogen and oxygen atoms in total. The van der Waals surface area contributed by atoms with Crippen LogP contribution < -0.4 is 0 Å². The zero-order valence-electron chi connectivity index (χ0n) is 15.2. The van der Waals surface area contributed by atoms with Gasteiger partial charge in [-0.15, -0.1) is 0 Å². The number of hydroxylamine groups is 3. The van der Waals surface area contributed by atoms with Crippen LogP contribution in [-0.4, -0.2) is 22.8 Å². The van der Waals surface area contributed by atoms with Gasteiger partial charge in [0, 0.05) is 24.3 Å². The molecule has 1 unspecified atom stereocenters. The van der Waals surface area contributed by atoms with Crippen LogP contribution in [-0.2, 0) is 12.8 Å². The van der Waals surface area contributed by atoms with E-state index in [0.717, 1.165) is 24.1 Å². The Morgan fingerprint density at radius 3 is 2.64 bits per heavy atom. The summed E-state index contributed by atoms with van der Waals surface area (Å²) < 4.78 is -0.102. The average Bonchev–Trinajstić information content (AvgIpc) is 3.37. The molecule has 0 radical (unpaired) electrons. The van der Waals surface area contributed by atoms with Gasteiger partial charge in [-0.2, -0.15) is 0 Å². The number of aromatic hydroxyl groups is 1. The van der Waals surface area contributed by atoms with Crippen LogP contribution in [0.5, 0.6) is 5.75 Å². The fourth-order valence-electron chi connectivity index (χ4n) is 4.23. The number of aryl methyl sites for hydroxylation is 2. The molecule has 132 valence electrons. The molecule has 0 bridgehead atoms. The molecule has 1 aliphatic heterocycles. The lowest BCUT2D eigenvalue weighted by atomic mass is 9.87. The second-order valence-corrected chi connectivity index (χ2v) is 8.09. The van der Waals surface area contributed by atoms with Gasteiger partial charge in [0.15, 0.2) is 0 Å². The van der Waals surface area contributed by atoms with Crippen molar-refractivity contribution in [2.75, 3.05) is 13.1 Å². The monoisotopic (exact) mass is 337 g/mol. The topological polar surface area (TPSA) is 43.3 Å². The maximum atomic E-state index is 13.8. The van der Waals surface area contributed by atoms with E-state index in [1.54, 1.807) is 0 Å². The Kier molecular flexibility index (Phi) is 4.09. The molecule has 1 aliphatic carbocycles. The lowest BCUT2D eigenvalue weighted by molar-refractivity contribution is -0.915. The van der Waals surface area contributed by atoms with Gasteiger partial charge in [-0.1, -0.05) is 35.9 Å². The molecule has 4 rings (SSSR count). The van der Waals surface area contributed by atoms with Crippen LogP contribution in [0.2, 0.25) is 0 Å². The third-order valence-corrected chi connectivity index (χ3v) is 5.95. The molecule has 0 spiro atoms. The molecule has 2 aliphatic rings. The smallest absolute Gasteiger partial charge is 0.119 e. The minimum Gasteiger partial charge on any atom is -0.632 e. The molecule has 1 fully saturated rings. The Morgan fingerprint density at radius 2 is 1.92 bits per heavy atom. The Labute approximate surface area is 150 Å². The number of hydrogen-bond acceptors (Lipinski definition) is 2. The summed E-state index contributed by atoms with van der Waals surface area (Å²) in [5.41, 5.74) is 5.74. The first-order valence-electron chi connectivity index (χ1n) is 9.40. The van der Waals surface area contributed by atoms with Gasteiger partial charge in [-0.05, 0) is 49.4 Å². The van der Waals surface area contributed by atoms with E-state index in [2.05, 4.69) is 31.2 Å². The van der Waals surface area contributed by atoms with Crippen molar-refractivity contribution in [1.29, 1.82) is 0 Å². The minimum atomic E-state index is -0.102. The van der Waals surface area contributed by atoms with Crippen LogP contribution in [0, 0.1) is 25.0 Å². The quantitative estimate of drug-likeness (QED) is 0.656. The van der Waals surface area contributed by atoms with Crippen molar-refractivity contribution in [3.8, 4) is 5.75 Å². The average molecular weight is 337 g/mol. The van der Waals surface area contributed by atoms with Gasteiger partial charge in [0.2, 0.25) is 0 Å². The van der Waals surface area contributed by atoms with Crippen molar-refractivity contribution >= 4 is 0 Å². The lowest BCUT2D eigenvalue weighted by Gasteiger charge is -2.52. The number of rotatable bonds is 4. The van der Waals surface area contributed by atoms with Crippen LogP contribution in [0.15, 0.2) is 36.4 Å². The fraction of sp³-hybridized carbons (Fsp3) is 0.455. The molecule has 25 heavy (non-hydrogen) atoms. The number of quaternary nitrogens is 1. The van der Waals surface area contributed by atoms with E-state index in [1.807, 2.05) is 19.1 Å². The number of phenolic OH excluding ortho intramolecular Hbond substituents is 1. The first-order valence-corrected chi connectivity index (χ1v) is 9.40. The summed E-state index contributed by atoms with van der Waals surface area (Å²) in [4.78, 5) is 0. The maximum Gasteiger partial charge on any atom is 0.119 e. The minimum absolute atomic E-state index is 0.0629.